The van der Waals surface area contributed by atoms with Crippen LogP contribution in [0.5, 0.6) is 0 Å². The summed E-state index contributed by atoms with van der Waals surface area (Å²) in [6.07, 6.45) is 0. The van der Waals surface area contributed by atoms with Crippen LogP contribution in [0.4, 0.5) is 0 Å². The summed E-state index contributed by atoms with van der Waals surface area (Å²) in [7, 11) is 0. The fraction of sp³-hybridized carbons (Fsp3) is 0. The lowest BCUT2D eigenvalue weighted by Gasteiger charge is -2.15. The zero-order chi connectivity index (χ0) is 42.4. The number of nitrogens with zero attached hydrogens (tertiary/aromatic N) is 4. The van der Waals surface area contributed by atoms with E-state index in [1.807, 2.05) is 41.1 Å². The average molecular weight is 817 g/mol. The van der Waals surface area contributed by atoms with Crippen molar-refractivity contribution in [3.63, 3.8) is 0 Å². The van der Waals surface area contributed by atoms with Gasteiger partial charge in [0.15, 0.2) is 11.6 Å². The van der Waals surface area contributed by atoms with Crippen LogP contribution in [-0.2, 0) is 0 Å². The lowest BCUT2D eigenvalue weighted by molar-refractivity contribution is 0.891. The second-order valence-electron chi connectivity index (χ2n) is 16.2. The van der Waals surface area contributed by atoms with E-state index in [-0.39, 0.29) is 0 Å². The quantitative estimate of drug-likeness (QED) is 0.153. The number of fused-ring (bicyclic) bond motifs is 4. The molecule has 2 aromatic heterocycles. The Balaban J connectivity index is 0.959. The van der Waals surface area contributed by atoms with Gasteiger partial charge in [-0.05, 0) is 110 Å². The molecule has 300 valence electrons. The van der Waals surface area contributed by atoms with Gasteiger partial charge in [-0.1, -0.05) is 188 Å². The van der Waals surface area contributed by atoms with E-state index in [0.29, 0.717) is 5.82 Å². The minimum absolute atomic E-state index is 0.693. The molecule has 64 heavy (non-hydrogen) atoms. The summed E-state index contributed by atoms with van der Waals surface area (Å²) < 4.78 is 4.35. The highest BCUT2D eigenvalue weighted by Gasteiger charge is 2.19. The van der Waals surface area contributed by atoms with E-state index in [2.05, 4.69) is 211 Å². The Morgan fingerprint density at radius 1 is 0.297 bits per heavy atom. The molecular formula is C60H40N4. The number of benzene rings is 10. The van der Waals surface area contributed by atoms with Crippen molar-refractivity contribution >= 4 is 32.6 Å². The predicted octanol–water partition coefficient (Wildman–Crippen LogP) is 15.5. The predicted molar refractivity (Wildman–Crippen MR) is 266 cm³/mol. The molecule has 0 unspecified atom stereocenters. The maximum atomic E-state index is 5.03. The highest BCUT2D eigenvalue weighted by molar-refractivity contribution is 6.12. The zero-order valence-corrected chi connectivity index (χ0v) is 34.9. The summed E-state index contributed by atoms with van der Waals surface area (Å²) in [6.45, 7) is 0. The van der Waals surface area contributed by atoms with Gasteiger partial charge in [-0.3, -0.25) is 0 Å². The third-order valence-corrected chi connectivity index (χ3v) is 12.4. The topological polar surface area (TPSA) is 35.6 Å². The van der Waals surface area contributed by atoms with Gasteiger partial charge in [0, 0.05) is 27.6 Å². The lowest BCUT2D eigenvalue weighted by Crippen LogP contribution is -1.99. The molecule has 12 aromatic rings. The summed E-state index contributed by atoms with van der Waals surface area (Å²) in [4.78, 5) is 5.03. The number of aromatic nitrogens is 4. The molecule has 4 nitrogen and oxygen atoms in total. The second-order valence-corrected chi connectivity index (χ2v) is 16.2. The van der Waals surface area contributed by atoms with Crippen LogP contribution in [0.25, 0.3) is 111 Å². The Hall–Kier alpha value is -8.60. The van der Waals surface area contributed by atoms with Gasteiger partial charge in [0.1, 0.15) is 0 Å². The van der Waals surface area contributed by atoms with Crippen LogP contribution in [0.15, 0.2) is 243 Å². The van der Waals surface area contributed by atoms with Gasteiger partial charge >= 0.3 is 0 Å². The number of hydrogen-bond donors (Lipinski definition) is 0. The number of para-hydroxylation sites is 1. The molecule has 0 atom stereocenters. The second kappa shape index (κ2) is 15.7. The molecule has 0 fully saturated rings. The minimum Gasteiger partial charge on any atom is -0.309 e. The molecule has 0 amide bonds. The van der Waals surface area contributed by atoms with Crippen molar-refractivity contribution in [1.82, 2.24) is 19.3 Å². The van der Waals surface area contributed by atoms with Gasteiger partial charge in [-0.2, -0.15) is 0 Å². The highest BCUT2D eigenvalue weighted by atomic mass is 15.4. The monoisotopic (exact) mass is 816 g/mol. The molecule has 2 heterocycles. The van der Waals surface area contributed by atoms with Crippen molar-refractivity contribution in [3.8, 4) is 78.7 Å². The Morgan fingerprint density at radius 3 is 1.45 bits per heavy atom. The van der Waals surface area contributed by atoms with Crippen LogP contribution < -0.4 is 0 Å². The third-order valence-electron chi connectivity index (χ3n) is 12.4. The molecule has 0 aliphatic carbocycles. The van der Waals surface area contributed by atoms with E-state index >= 15 is 0 Å². The van der Waals surface area contributed by atoms with E-state index < -0.39 is 0 Å². The lowest BCUT2D eigenvalue weighted by atomic mass is 9.89. The van der Waals surface area contributed by atoms with Crippen LogP contribution in [0.3, 0.4) is 0 Å². The first-order valence-corrected chi connectivity index (χ1v) is 21.7. The summed E-state index contributed by atoms with van der Waals surface area (Å²) >= 11 is 0. The largest absolute Gasteiger partial charge is 0.309 e. The smallest absolute Gasteiger partial charge is 0.182 e. The highest BCUT2D eigenvalue weighted by Crippen LogP contribution is 2.42. The van der Waals surface area contributed by atoms with Gasteiger partial charge in [0.2, 0.25) is 0 Å². The van der Waals surface area contributed by atoms with Crippen molar-refractivity contribution in [2.24, 2.45) is 0 Å². The average Bonchev–Trinajstić information content (AvgIpc) is 3.97. The number of rotatable bonds is 8. The standard InChI is InChI=1S/C60H40N4/c1-4-17-43(18-5-1)59-61-60(44-19-6-2-7-20-44)64(62-59)50-34-30-42(31-35-50)51-24-12-14-26-53(51)54-27-15-13-25-52(54)48-33-37-58-56(40-48)55-39-47(46-29-28-41-16-10-11-21-45(41)38-46)32-36-57(55)63(58)49-22-8-3-9-23-49/h1-40H. The first kappa shape index (κ1) is 37.2. The van der Waals surface area contributed by atoms with Crippen molar-refractivity contribution < 1.29 is 0 Å². The molecule has 0 saturated carbocycles. The van der Waals surface area contributed by atoms with Gasteiger partial charge < -0.3 is 4.57 Å². The fourth-order valence-electron chi connectivity index (χ4n) is 9.29. The molecular weight excluding hydrogens is 777 g/mol. The Labute approximate surface area is 371 Å². The molecule has 12 rings (SSSR count). The van der Waals surface area contributed by atoms with E-state index in [1.54, 1.807) is 0 Å². The summed E-state index contributed by atoms with van der Waals surface area (Å²) in [5.74, 6) is 1.49. The molecule has 0 N–H and O–H groups in total. The molecule has 0 aliphatic heterocycles. The molecule has 0 bridgehead atoms. The van der Waals surface area contributed by atoms with Gasteiger partial charge in [-0.25, -0.2) is 9.67 Å². The first-order valence-electron chi connectivity index (χ1n) is 21.7. The SMILES string of the molecule is c1ccc(-c2nc(-c3ccccc3)n(-c3ccc(-c4ccccc4-c4ccccc4-c4ccc5c(c4)c4cc(-c6ccc7ccccc7c6)ccc4n5-c4ccccc4)cc3)n2)cc1. The van der Waals surface area contributed by atoms with Crippen LogP contribution in [0.2, 0.25) is 0 Å². The number of hydrogen-bond acceptors (Lipinski definition) is 2. The molecule has 0 spiro atoms. The maximum absolute atomic E-state index is 5.03. The normalized spacial score (nSPS) is 11.4. The van der Waals surface area contributed by atoms with Crippen LogP contribution in [0, 0.1) is 0 Å². The molecule has 0 aliphatic rings. The van der Waals surface area contributed by atoms with E-state index in [0.717, 1.165) is 39.5 Å². The third kappa shape index (κ3) is 6.57. The molecule has 0 saturated heterocycles. The van der Waals surface area contributed by atoms with Crippen molar-refractivity contribution in [2.45, 2.75) is 0 Å². The fourth-order valence-corrected chi connectivity index (χ4v) is 9.29. The van der Waals surface area contributed by atoms with Gasteiger partial charge in [0.25, 0.3) is 0 Å². The van der Waals surface area contributed by atoms with Crippen molar-refractivity contribution in [1.29, 1.82) is 0 Å². The van der Waals surface area contributed by atoms with Crippen LogP contribution in [-0.4, -0.2) is 19.3 Å². The maximum Gasteiger partial charge on any atom is 0.182 e. The van der Waals surface area contributed by atoms with Gasteiger partial charge in [-0.15, -0.1) is 5.10 Å². The van der Waals surface area contributed by atoms with E-state index in [9.17, 15) is 0 Å². The molecule has 10 aromatic carbocycles. The zero-order valence-electron chi connectivity index (χ0n) is 34.9. The Morgan fingerprint density at radius 2 is 0.781 bits per heavy atom. The molecule has 0 radical (unpaired) electrons. The van der Waals surface area contributed by atoms with Crippen molar-refractivity contribution in [2.75, 3.05) is 0 Å². The summed E-state index contributed by atoms with van der Waals surface area (Å²) in [5.41, 5.74) is 15.9. The Kier molecular flexibility index (Phi) is 9.12. The van der Waals surface area contributed by atoms with E-state index in [1.165, 1.54) is 66.0 Å². The van der Waals surface area contributed by atoms with Gasteiger partial charge in [0.05, 0.1) is 16.7 Å². The van der Waals surface area contributed by atoms with Crippen LogP contribution in [0.1, 0.15) is 0 Å². The first-order chi connectivity index (χ1) is 31.7. The summed E-state index contributed by atoms with van der Waals surface area (Å²) in [5, 5.41) is 9.97. The van der Waals surface area contributed by atoms with E-state index in [4.69, 9.17) is 10.1 Å². The summed E-state index contributed by atoms with van der Waals surface area (Å²) in [6, 6.07) is 86.6. The molecule has 4 heteroatoms. The van der Waals surface area contributed by atoms with Crippen LogP contribution >= 0.6 is 0 Å². The minimum atomic E-state index is 0.693. The Bertz CT molecular complexity index is 3640. The van der Waals surface area contributed by atoms with Crippen molar-refractivity contribution in [3.05, 3.63) is 243 Å².